The van der Waals surface area contributed by atoms with Crippen molar-refractivity contribution in [3.63, 3.8) is 0 Å². The Balaban J connectivity index is 0.984. The van der Waals surface area contributed by atoms with E-state index in [-0.39, 0.29) is 36.0 Å². The third-order valence-electron chi connectivity index (χ3n) is 11.7. The van der Waals surface area contributed by atoms with Crippen LogP contribution in [-0.2, 0) is 27.1 Å². The molecule has 12 heteroatoms. The SMILES string of the molecule is COC(=O)N[C@H](C(=O)N1CCC[C@H]1c1ncc(-c2ccc3c(c2)CCc2cc(-c4cnc(C5C6CCC(C6)N5C(=O)OC(C)(C)C)[nH]4)ccc2-3)[nH]1)C(C)C. The molecule has 4 aliphatic rings. The van der Waals surface area contributed by atoms with E-state index in [0.717, 1.165) is 79.1 Å². The summed E-state index contributed by atoms with van der Waals surface area (Å²) in [7, 11) is 1.30. The number of carbonyl (C=O) groups excluding carboxylic acids is 3. The lowest BCUT2D eigenvalue weighted by molar-refractivity contribution is -0.135. The second-order valence-corrected chi connectivity index (χ2v) is 16.7. The zero-order valence-corrected chi connectivity index (χ0v) is 32.1. The number of ether oxygens (including phenoxy) is 2. The molecule has 3 fully saturated rings. The normalized spacial score (nSPS) is 22.3. The number of nitrogens with one attached hydrogen (secondary N) is 3. The van der Waals surface area contributed by atoms with Crippen LogP contribution in [0.1, 0.15) is 102 Å². The maximum absolute atomic E-state index is 13.6. The predicted octanol–water partition coefficient (Wildman–Crippen LogP) is 7.74. The monoisotopic (exact) mass is 733 g/mol. The first-order chi connectivity index (χ1) is 25.9. The topological polar surface area (TPSA) is 146 Å². The molecule has 2 aliphatic heterocycles. The lowest BCUT2D eigenvalue weighted by Gasteiger charge is -2.35. The quantitative estimate of drug-likeness (QED) is 0.176. The molecule has 3 N–H and O–H groups in total. The number of benzene rings is 2. The molecule has 12 nitrogen and oxygen atoms in total. The number of aromatic nitrogens is 4. The number of aromatic amines is 2. The smallest absolute Gasteiger partial charge is 0.411 e. The second kappa shape index (κ2) is 13.9. The molecule has 5 atom stereocenters. The van der Waals surface area contributed by atoms with Gasteiger partial charge in [-0.2, -0.15) is 0 Å². The van der Waals surface area contributed by atoms with Gasteiger partial charge in [0.15, 0.2) is 0 Å². The molecule has 0 spiro atoms. The highest BCUT2D eigenvalue weighted by atomic mass is 16.6. The molecule has 2 aliphatic carbocycles. The van der Waals surface area contributed by atoms with Crippen LogP contribution in [0.25, 0.3) is 33.6 Å². The van der Waals surface area contributed by atoms with Crippen LogP contribution in [0.4, 0.5) is 9.59 Å². The van der Waals surface area contributed by atoms with E-state index in [2.05, 4.69) is 51.7 Å². The molecule has 3 unspecified atom stereocenters. The van der Waals surface area contributed by atoms with Gasteiger partial charge < -0.3 is 29.7 Å². The van der Waals surface area contributed by atoms with Crippen molar-refractivity contribution in [2.24, 2.45) is 11.8 Å². The van der Waals surface area contributed by atoms with Crippen LogP contribution in [0.5, 0.6) is 0 Å². The van der Waals surface area contributed by atoms with Gasteiger partial charge in [-0.1, -0.05) is 38.1 Å². The van der Waals surface area contributed by atoms with Crippen LogP contribution >= 0.6 is 0 Å². The number of aryl methyl sites for hydroxylation is 2. The highest BCUT2D eigenvalue weighted by molar-refractivity contribution is 5.86. The Morgan fingerprint density at radius 2 is 1.52 bits per heavy atom. The van der Waals surface area contributed by atoms with Crippen molar-refractivity contribution in [2.75, 3.05) is 13.7 Å². The van der Waals surface area contributed by atoms with Gasteiger partial charge in [0.1, 0.15) is 23.3 Å². The Hall–Kier alpha value is -5.13. The van der Waals surface area contributed by atoms with Crippen molar-refractivity contribution in [3.05, 3.63) is 71.6 Å². The largest absolute Gasteiger partial charge is 0.453 e. The minimum atomic E-state index is -0.673. The maximum Gasteiger partial charge on any atom is 0.411 e. The number of carbonyl (C=O) groups is 3. The summed E-state index contributed by atoms with van der Waals surface area (Å²) in [6.07, 6.45) is 9.52. The molecule has 4 heterocycles. The molecule has 4 aromatic rings. The average molecular weight is 734 g/mol. The number of hydrogen-bond donors (Lipinski definition) is 3. The predicted molar refractivity (Wildman–Crippen MR) is 204 cm³/mol. The molecule has 1 saturated carbocycles. The van der Waals surface area contributed by atoms with Gasteiger partial charge in [0, 0.05) is 12.6 Å². The molecule has 284 valence electrons. The molecule has 2 aromatic carbocycles. The van der Waals surface area contributed by atoms with E-state index in [4.69, 9.17) is 19.4 Å². The number of likely N-dealkylation sites (tertiary alicyclic amines) is 2. The van der Waals surface area contributed by atoms with Crippen LogP contribution in [-0.4, -0.2) is 79.2 Å². The number of nitrogens with zero attached hydrogens (tertiary/aromatic N) is 4. The highest BCUT2D eigenvalue weighted by Crippen LogP contribution is 2.50. The fraction of sp³-hybridized carbons (Fsp3) is 0.500. The van der Waals surface area contributed by atoms with Crippen molar-refractivity contribution < 1.29 is 23.9 Å². The third-order valence-corrected chi connectivity index (χ3v) is 11.7. The number of amides is 3. The van der Waals surface area contributed by atoms with Gasteiger partial charge in [-0.05, 0) is 123 Å². The van der Waals surface area contributed by atoms with Gasteiger partial charge in [0.05, 0.1) is 43.0 Å². The summed E-state index contributed by atoms with van der Waals surface area (Å²) in [5.41, 5.74) is 8.53. The van der Waals surface area contributed by atoms with Crippen LogP contribution in [0.15, 0.2) is 48.8 Å². The van der Waals surface area contributed by atoms with Crippen molar-refractivity contribution in [1.82, 2.24) is 35.1 Å². The Morgan fingerprint density at radius 3 is 2.13 bits per heavy atom. The average Bonchev–Trinajstić information content (AvgIpc) is 4.00. The minimum absolute atomic E-state index is 0.0917. The molecule has 3 amide bonds. The molecular formula is C42H51N7O5. The number of rotatable bonds is 7. The number of H-pyrrole nitrogens is 2. The lowest BCUT2D eigenvalue weighted by atomic mass is 9.83. The van der Waals surface area contributed by atoms with Gasteiger partial charge >= 0.3 is 12.2 Å². The van der Waals surface area contributed by atoms with E-state index in [0.29, 0.717) is 12.5 Å². The van der Waals surface area contributed by atoms with Crippen LogP contribution < -0.4 is 5.32 Å². The summed E-state index contributed by atoms with van der Waals surface area (Å²) in [6.45, 7) is 10.2. The Kier molecular flexibility index (Phi) is 9.26. The van der Waals surface area contributed by atoms with Crippen molar-refractivity contribution >= 4 is 18.1 Å². The summed E-state index contributed by atoms with van der Waals surface area (Å²) in [5, 5.41) is 2.72. The molecular weight excluding hydrogens is 683 g/mol. The number of fused-ring (bicyclic) bond motifs is 5. The van der Waals surface area contributed by atoms with E-state index in [1.807, 2.05) is 56.8 Å². The fourth-order valence-corrected chi connectivity index (χ4v) is 9.13. The molecule has 54 heavy (non-hydrogen) atoms. The van der Waals surface area contributed by atoms with Crippen molar-refractivity contribution in [2.45, 2.75) is 109 Å². The summed E-state index contributed by atoms with van der Waals surface area (Å²) in [4.78, 5) is 59.3. The number of methoxy groups -OCH3 is 1. The van der Waals surface area contributed by atoms with Crippen LogP contribution in [0.3, 0.4) is 0 Å². The number of piperidine rings is 1. The van der Waals surface area contributed by atoms with Gasteiger partial charge in [-0.25, -0.2) is 19.6 Å². The van der Waals surface area contributed by atoms with Gasteiger partial charge in [-0.15, -0.1) is 0 Å². The summed E-state index contributed by atoms with van der Waals surface area (Å²) < 4.78 is 10.6. The first-order valence-corrected chi connectivity index (χ1v) is 19.4. The van der Waals surface area contributed by atoms with E-state index >= 15 is 0 Å². The number of alkyl carbamates (subject to hydrolysis) is 1. The van der Waals surface area contributed by atoms with Crippen LogP contribution in [0.2, 0.25) is 0 Å². The van der Waals surface area contributed by atoms with Gasteiger partial charge in [0.25, 0.3) is 0 Å². The maximum atomic E-state index is 13.6. The van der Waals surface area contributed by atoms with E-state index < -0.39 is 17.7 Å². The molecule has 2 aromatic heterocycles. The van der Waals surface area contributed by atoms with Crippen molar-refractivity contribution in [3.8, 4) is 33.6 Å². The standard InChI is InChI=1S/C42H51N7O5/c1-23(2)35(47-40(51)53-6)39(50)48-17-7-8-34(48)37-43-21-32(45-37)26-12-15-30-24(18-26)9-10-25-19-27(13-16-31(25)30)33-22-44-38(46-33)36-28-11-14-29(20-28)49(36)41(52)54-42(3,4)5/h12-13,15-16,18-19,21-23,28-29,34-36H,7-11,14,17,20H2,1-6H3,(H,43,45)(H,44,46)(H,47,51)/t28?,29?,34-,35-,36?/m0/s1. The first kappa shape index (κ1) is 35.9. The van der Waals surface area contributed by atoms with Crippen LogP contribution in [0, 0.1) is 11.8 Å². The van der Waals surface area contributed by atoms with Gasteiger partial charge in [-0.3, -0.25) is 9.69 Å². The third kappa shape index (κ3) is 6.64. The second-order valence-electron chi connectivity index (χ2n) is 16.7. The first-order valence-electron chi connectivity index (χ1n) is 19.4. The van der Waals surface area contributed by atoms with E-state index in [9.17, 15) is 14.4 Å². The number of imidazole rings is 2. The van der Waals surface area contributed by atoms with Gasteiger partial charge in [0.2, 0.25) is 5.91 Å². The molecule has 2 saturated heterocycles. The Bertz CT molecular complexity index is 2080. The molecule has 2 bridgehead atoms. The van der Waals surface area contributed by atoms with E-state index in [1.165, 1.54) is 29.4 Å². The molecule has 8 rings (SSSR count). The summed E-state index contributed by atoms with van der Waals surface area (Å²) in [5.74, 6) is 1.77. The summed E-state index contributed by atoms with van der Waals surface area (Å²) in [6, 6.07) is 12.5. The lowest BCUT2D eigenvalue weighted by Crippen LogP contribution is -2.51. The Labute approximate surface area is 316 Å². The van der Waals surface area contributed by atoms with E-state index in [1.54, 1.807) is 0 Å². The Morgan fingerprint density at radius 1 is 0.889 bits per heavy atom. The summed E-state index contributed by atoms with van der Waals surface area (Å²) >= 11 is 0. The molecule has 0 radical (unpaired) electrons. The zero-order chi connectivity index (χ0) is 37.9. The fourth-order valence-electron chi connectivity index (χ4n) is 9.13. The minimum Gasteiger partial charge on any atom is -0.453 e. The van der Waals surface area contributed by atoms with Crippen molar-refractivity contribution in [1.29, 1.82) is 0 Å². The zero-order valence-electron chi connectivity index (χ0n) is 32.1. The highest BCUT2D eigenvalue weighted by Gasteiger charge is 2.51. The number of hydrogen-bond acceptors (Lipinski definition) is 7.